The predicted octanol–water partition coefficient (Wildman–Crippen LogP) is 1.82. The minimum Gasteiger partial charge on any atom is -0.498 e. The van der Waals surface area contributed by atoms with Crippen LogP contribution in [-0.2, 0) is 4.74 Å². The smallest absolute Gasteiger partial charge is 0.140 e. The highest BCUT2D eigenvalue weighted by Crippen LogP contribution is 2.18. The number of allylic oxidation sites excluding steroid dienone is 1. The number of halogens is 1. The summed E-state index contributed by atoms with van der Waals surface area (Å²) < 4.78 is 17.9. The standard InChI is InChI=1S/C8H16FNO/c1-6(2)8(9)7(11-3)4-5-10/h6H,4-5,10H2,1-3H3/b8-7-. The molecule has 0 atom stereocenters. The Morgan fingerprint density at radius 1 is 1.55 bits per heavy atom. The summed E-state index contributed by atoms with van der Waals surface area (Å²) >= 11 is 0. The first-order valence-corrected chi connectivity index (χ1v) is 3.76. The maximum atomic E-state index is 13.1. The van der Waals surface area contributed by atoms with E-state index in [0.717, 1.165) is 0 Å². The van der Waals surface area contributed by atoms with Gasteiger partial charge in [0.15, 0.2) is 0 Å². The lowest BCUT2D eigenvalue weighted by Crippen LogP contribution is -2.05. The number of rotatable bonds is 4. The van der Waals surface area contributed by atoms with Gasteiger partial charge in [-0.3, -0.25) is 0 Å². The molecule has 0 heterocycles. The zero-order valence-electron chi connectivity index (χ0n) is 7.36. The van der Waals surface area contributed by atoms with Crippen molar-refractivity contribution in [1.29, 1.82) is 0 Å². The highest BCUT2D eigenvalue weighted by Gasteiger charge is 2.09. The second-order valence-corrected chi connectivity index (χ2v) is 2.67. The van der Waals surface area contributed by atoms with Gasteiger partial charge in [-0.2, -0.15) is 0 Å². The van der Waals surface area contributed by atoms with Gasteiger partial charge < -0.3 is 10.5 Å². The number of nitrogens with two attached hydrogens (primary N) is 1. The molecule has 0 saturated heterocycles. The summed E-state index contributed by atoms with van der Waals surface area (Å²) in [5, 5.41) is 0. The van der Waals surface area contributed by atoms with Crippen LogP contribution in [-0.4, -0.2) is 13.7 Å². The maximum absolute atomic E-state index is 13.1. The molecule has 0 aromatic rings. The first-order chi connectivity index (χ1) is 5.13. The Balaban J connectivity index is 4.27. The zero-order chi connectivity index (χ0) is 8.85. The molecule has 66 valence electrons. The molecule has 0 amide bonds. The molecule has 0 aliphatic carbocycles. The predicted molar refractivity (Wildman–Crippen MR) is 43.7 cm³/mol. The number of ether oxygens (including phenoxy) is 1. The zero-order valence-corrected chi connectivity index (χ0v) is 7.36. The van der Waals surface area contributed by atoms with Crippen molar-refractivity contribution in [3.63, 3.8) is 0 Å². The molecule has 0 aliphatic heterocycles. The normalized spacial score (nSPS) is 13.3. The van der Waals surface area contributed by atoms with Crippen LogP contribution in [0.15, 0.2) is 11.6 Å². The maximum Gasteiger partial charge on any atom is 0.140 e. The fraction of sp³-hybridized carbons (Fsp3) is 0.750. The van der Waals surface area contributed by atoms with Crippen LogP contribution in [0.2, 0.25) is 0 Å². The van der Waals surface area contributed by atoms with Crippen molar-refractivity contribution in [2.75, 3.05) is 13.7 Å². The Morgan fingerprint density at radius 2 is 2.09 bits per heavy atom. The third-order valence-electron chi connectivity index (χ3n) is 1.39. The third kappa shape index (κ3) is 3.37. The number of hydrogen-bond donors (Lipinski definition) is 1. The van der Waals surface area contributed by atoms with E-state index in [9.17, 15) is 4.39 Å². The molecule has 2 N–H and O–H groups in total. The van der Waals surface area contributed by atoms with Crippen molar-refractivity contribution in [3.05, 3.63) is 11.6 Å². The molecule has 0 fully saturated rings. The van der Waals surface area contributed by atoms with Crippen LogP contribution >= 0.6 is 0 Å². The molecular formula is C8H16FNO. The Hall–Kier alpha value is -0.570. The second-order valence-electron chi connectivity index (χ2n) is 2.67. The van der Waals surface area contributed by atoms with Crippen LogP contribution in [0.3, 0.4) is 0 Å². The second kappa shape index (κ2) is 5.13. The minimum absolute atomic E-state index is 0.114. The quantitative estimate of drug-likeness (QED) is 0.638. The Morgan fingerprint density at radius 3 is 2.36 bits per heavy atom. The van der Waals surface area contributed by atoms with Gasteiger partial charge in [0.25, 0.3) is 0 Å². The molecule has 0 aliphatic rings. The first-order valence-electron chi connectivity index (χ1n) is 3.76. The van der Waals surface area contributed by atoms with E-state index in [1.165, 1.54) is 7.11 Å². The highest BCUT2D eigenvalue weighted by atomic mass is 19.1. The summed E-state index contributed by atoms with van der Waals surface area (Å²) in [6, 6.07) is 0. The summed E-state index contributed by atoms with van der Waals surface area (Å²) in [4.78, 5) is 0. The summed E-state index contributed by atoms with van der Waals surface area (Å²) in [6.07, 6.45) is 0.473. The van der Waals surface area contributed by atoms with Gasteiger partial charge in [0.2, 0.25) is 0 Å². The molecule has 0 unspecified atom stereocenters. The molecule has 0 rings (SSSR count). The van der Waals surface area contributed by atoms with Gasteiger partial charge in [-0.05, 0) is 6.54 Å². The van der Waals surface area contributed by atoms with Crippen molar-refractivity contribution in [2.45, 2.75) is 20.3 Å². The van der Waals surface area contributed by atoms with Crippen LogP contribution in [0.25, 0.3) is 0 Å². The van der Waals surface area contributed by atoms with E-state index >= 15 is 0 Å². The van der Waals surface area contributed by atoms with Gasteiger partial charge in [-0.1, -0.05) is 13.8 Å². The first kappa shape index (κ1) is 10.4. The van der Waals surface area contributed by atoms with Gasteiger partial charge in [-0.15, -0.1) is 0 Å². The van der Waals surface area contributed by atoms with Crippen molar-refractivity contribution in [2.24, 2.45) is 11.7 Å². The van der Waals surface area contributed by atoms with Gasteiger partial charge in [0, 0.05) is 12.3 Å². The van der Waals surface area contributed by atoms with Crippen molar-refractivity contribution >= 4 is 0 Å². The van der Waals surface area contributed by atoms with Crippen molar-refractivity contribution in [3.8, 4) is 0 Å². The van der Waals surface area contributed by atoms with Crippen molar-refractivity contribution < 1.29 is 9.13 Å². The largest absolute Gasteiger partial charge is 0.498 e. The summed E-state index contributed by atoms with van der Waals surface area (Å²) in [7, 11) is 1.47. The Bertz CT molecular complexity index is 143. The molecule has 0 bridgehead atoms. The minimum atomic E-state index is -0.196. The monoisotopic (exact) mass is 161 g/mol. The van der Waals surface area contributed by atoms with E-state index in [1.807, 2.05) is 0 Å². The average Bonchev–Trinajstić information content (AvgIpc) is 1.98. The van der Waals surface area contributed by atoms with Crippen molar-refractivity contribution in [1.82, 2.24) is 0 Å². The van der Waals surface area contributed by atoms with Gasteiger partial charge >= 0.3 is 0 Å². The van der Waals surface area contributed by atoms with Gasteiger partial charge in [0.05, 0.1) is 7.11 Å². The van der Waals surface area contributed by atoms with E-state index in [0.29, 0.717) is 18.7 Å². The van der Waals surface area contributed by atoms with Crippen LogP contribution in [0, 0.1) is 5.92 Å². The summed E-state index contributed by atoms with van der Waals surface area (Å²) in [5.41, 5.74) is 5.26. The lowest BCUT2D eigenvalue weighted by Gasteiger charge is -2.08. The van der Waals surface area contributed by atoms with Crippen LogP contribution in [0.4, 0.5) is 4.39 Å². The highest BCUT2D eigenvalue weighted by molar-refractivity contribution is 5.02. The topological polar surface area (TPSA) is 35.2 Å². The molecule has 0 aromatic carbocycles. The van der Waals surface area contributed by atoms with E-state index in [1.54, 1.807) is 13.8 Å². The van der Waals surface area contributed by atoms with E-state index in [4.69, 9.17) is 10.5 Å². The SMILES string of the molecule is CO/C(CCN)=C(\F)C(C)C. The van der Waals surface area contributed by atoms with E-state index < -0.39 is 0 Å². The molecule has 3 heteroatoms. The lowest BCUT2D eigenvalue weighted by atomic mass is 10.1. The molecule has 0 radical (unpaired) electrons. The van der Waals surface area contributed by atoms with Crippen LogP contribution in [0.5, 0.6) is 0 Å². The molecule has 0 spiro atoms. The molecule has 0 aromatic heterocycles. The van der Waals surface area contributed by atoms with E-state index in [-0.39, 0.29) is 11.7 Å². The third-order valence-corrected chi connectivity index (χ3v) is 1.39. The van der Waals surface area contributed by atoms with Gasteiger partial charge in [0.1, 0.15) is 11.6 Å². The number of methoxy groups -OCH3 is 1. The Kier molecular flexibility index (Phi) is 4.86. The molecular weight excluding hydrogens is 145 g/mol. The fourth-order valence-corrected chi connectivity index (χ4v) is 0.772. The average molecular weight is 161 g/mol. The van der Waals surface area contributed by atoms with Crippen LogP contribution < -0.4 is 5.73 Å². The fourth-order valence-electron chi connectivity index (χ4n) is 0.772. The van der Waals surface area contributed by atoms with Gasteiger partial charge in [-0.25, -0.2) is 4.39 Å². The molecule has 2 nitrogen and oxygen atoms in total. The van der Waals surface area contributed by atoms with E-state index in [2.05, 4.69) is 0 Å². The number of hydrogen-bond acceptors (Lipinski definition) is 2. The summed E-state index contributed by atoms with van der Waals surface area (Å²) in [6.45, 7) is 3.99. The summed E-state index contributed by atoms with van der Waals surface area (Å²) in [5.74, 6) is 0.0666. The lowest BCUT2D eigenvalue weighted by molar-refractivity contribution is 0.253. The molecule has 11 heavy (non-hydrogen) atoms. The Labute approximate surface area is 67.2 Å². The van der Waals surface area contributed by atoms with Crippen LogP contribution in [0.1, 0.15) is 20.3 Å². The molecule has 0 saturated carbocycles.